The van der Waals surface area contributed by atoms with Crippen molar-refractivity contribution in [2.45, 2.75) is 32.2 Å². The Morgan fingerprint density at radius 3 is 2.61 bits per heavy atom. The molecule has 1 aromatic heterocycles. The molecule has 1 N–H and O–H groups in total. The largest absolute Gasteiger partial charge is 0.495 e. The second kappa shape index (κ2) is 8.53. The Bertz CT molecular complexity index is 1270. The van der Waals surface area contributed by atoms with Crippen molar-refractivity contribution in [2.24, 2.45) is 5.41 Å². The van der Waals surface area contributed by atoms with Gasteiger partial charge >= 0.3 is 0 Å². The van der Waals surface area contributed by atoms with Crippen LogP contribution in [0.2, 0.25) is 5.02 Å². The molecule has 0 unspecified atom stereocenters. The summed E-state index contributed by atoms with van der Waals surface area (Å²) in [5.41, 5.74) is 1.75. The summed E-state index contributed by atoms with van der Waals surface area (Å²) in [7, 11) is 1.59. The van der Waals surface area contributed by atoms with E-state index in [0.717, 1.165) is 60.9 Å². The molecular weight excluding hydrogens is 438 g/mol. The van der Waals surface area contributed by atoms with Crippen LogP contribution in [0.3, 0.4) is 0 Å². The summed E-state index contributed by atoms with van der Waals surface area (Å²) >= 11 is 6.26. The number of rotatable bonds is 5. The number of hydrogen-bond donors (Lipinski definition) is 1. The summed E-state index contributed by atoms with van der Waals surface area (Å²) in [6.07, 6.45) is 3.44. The second-order valence-corrected chi connectivity index (χ2v) is 9.32. The number of carbonyl (C=O) groups is 1. The predicted octanol–water partition coefficient (Wildman–Crippen LogP) is 5.40. The van der Waals surface area contributed by atoms with Gasteiger partial charge in [0.2, 0.25) is 0 Å². The molecule has 2 aliphatic rings. The third-order valence-electron chi connectivity index (χ3n) is 6.82. The van der Waals surface area contributed by atoms with E-state index < -0.39 is 0 Å². The number of nitrogens with one attached hydrogen (secondary N) is 1. The van der Waals surface area contributed by atoms with Crippen molar-refractivity contribution in [3.8, 4) is 5.75 Å². The van der Waals surface area contributed by atoms with Crippen molar-refractivity contribution in [3.63, 3.8) is 0 Å². The fraction of sp³-hybridized carbons (Fsp3) is 0.360. The molecular formula is C25H24ClN5O2. The van der Waals surface area contributed by atoms with Crippen molar-refractivity contribution in [3.05, 3.63) is 58.4 Å². The molecule has 0 atom stereocenters. The molecule has 2 fully saturated rings. The predicted molar refractivity (Wildman–Crippen MR) is 129 cm³/mol. The number of nitrogens with zero attached hydrogens (tertiary/aromatic N) is 4. The van der Waals surface area contributed by atoms with Gasteiger partial charge in [-0.2, -0.15) is 0 Å². The van der Waals surface area contributed by atoms with E-state index in [4.69, 9.17) is 22.9 Å². The zero-order valence-corrected chi connectivity index (χ0v) is 19.2. The van der Waals surface area contributed by atoms with Gasteiger partial charge in [0.15, 0.2) is 17.3 Å². The lowest BCUT2D eigenvalue weighted by Gasteiger charge is -2.47. The molecule has 33 heavy (non-hydrogen) atoms. The summed E-state index contributed by atoms with van der Waals surface area (Å²) in [6, 6.07) is 11.3. The van der Waals surface area contributed by atoms with Gasteiger partial charge in [-0.3, -0.25) is 4.79 Å². The summed E-state index contributed by atoms with van der Waals surface area (Å²) < 4.78 is 5.22. The number of piperidine rings is 1. The van der Waals surface area contributed by atoms with Crippen molar-refractivity contribution in [2.75, 3.05) is 30.4 Å². The zero-order chi connectivity index (χ0) is 23.0. The van der Waals surface area contributed by atoms with Crippen molar-refractivity contribution in [1.29, 1.82) is 0 Å². The number of ketones is 1. The summed E-state index contributed by atoms with van der Waals surface area (Å²) in [5.74, 6) is 2.48. The third-order valence-corrected chi connectivity index (χ3v) is 7.11. The van der Waals surface area contributed by atoms with Crippen LogP contribution in [0.4, 0.5) is 17.3 Å². The van der Waals surface area contributed by atoms with Crippen molar-refractivity contribution in [1.82, 2.24) is 10.2 Å². The van der Waals surface area contributed by atoms with E-state index in [1.807, 2.05) is 36.4 Å². The van der Waals surface area contributed by atoms with Gasteiger partial charge in [-0.05, 0) is 42.0 Å². The Balaban J connectivity index is 1.41. The number of benzene rings is 2. The number of halogens is 1. The molecule has 168 valence electrons. The van der Waals surface area contributed by atoms with Crippen molar-refractivity contribution >= 4 is 45.5 Å². The molecule has 0 radical (unpaired) electrons. The topological polar surface area (TPSA) is 71.7 Å². The Morgan fingerprint density at radius 1 is 1.15 bits per heavy atom. The molecule has 7 nitrogen and oxygen atoms in total. The van der Waals surface area contributed by atoms with Crippen LogP contribution in [0.5, 0.6) is 5.75 Å². The van der Waals surface area contributed by atoms with Gasteiger partial charge in [-0.15, -0.1) is 10.2 Å². The number of anilines is 2. The Labute approximate surface area is 197 Å². The number of fused-ring (bicyclic) bond motifs is 1. The van der Waals surface area contributed by atoms with Gasteiger partial charge in [0, 0.05) is 43.2 Å². The first kappa shape index (κ1) is 21.5. The van der Waals surface area contributed by atoms with Crippen LogP contribution in [0, 0.1) is 12.0 Å². The summed E-state index contributed by atoms with van der Waals surface area (Å²) in [5, 5.41) is 14.8. The average Bonchev–Trinajstić information content (AvgIpc) is 2.82. The van der Waals surface area contributed by atoms with E-state index in [0.29, 0.717) is 34.6 Å². The number of Topliss-reactive ketones (excluding diaryl/α,β-unsaturated/α-hetero) is 1. The molecule has 1 saturated heterocycles. The first-order valence-corrected chi connectivity index (χ1v) is 11.4. The lowest BCUT2D eigenvalue weighted by molar-refractivity contribution is -0.133. The van der Waals surface area contributed by atoms with Gasteiger partial charge in [0.25, 0.3) is 0 Å². The molecule has 2 aromatic carbocycles. The minimum absolute atomic E-state index is 0.204. The van der Waals surface area contributed by atoms with Crippen LogP contribution in [-0.2, 0) is 11.3 Å². The van der Waals surface area contributed by atoms with E-state index in [2.05, 4.69) is 25.3 Å². The van der Waals surface area contributed by atoms with E-state index in [-0.39, 0.29) is 5.41 Å². The minimum atomic E-state index is 0.204. The molecule has 3 aromatic rings. The average molecular weight is 462 g/mol. The first-order valence-electron chi connectivity index (χ1n) is 11.0. The highest BCUT2D eigenvalue weighted by atomic mass is 35.5. The molecule has 0 bridgehead atoms. The zero-order valence-electron chi connectivity index (χ0n) is 18.4. The number of aromatic nitrogens is 2. The maximum atomic E-state index is 11.5. The summed E-state index contributed by atoms with van der Waals surface area (Å²) in [4.78, 5) is 17.4. The highest BCUT2D eigenvalue weighted by molar-refractivity contribution is 6.32. The molecule has 8 heteroatoms. The smallest absolute Gasteiger partial charge is 0.188 e. The van der Waals surface area contributed by atoms with E-state index in [1.165, 1.54) is 0 Å². The van der Waals surface area contributed by atoms with Crippen LogP contribution in [0.15, 0.2) is 36.4 Å². The molecule has 5 rings (SSSR count). The first-order chi connectivity index (χ1) is 16.0. The highest BCUT2D eigenvalue weighted by Crippen LogP contribution is 2.47. The van der Waals surface area contributed by atoms with Crippen LogP contribution in [0.1, 0.15) is 31.2 Å². The van der Waals surface area contributed by atoms with Gasteiger partial charge in [-0.1, -0.05) is 29.8 Å². The maximum absolute atomic E-state index is 11.5. The van der Waals surface area contributed by atoms with Crippen molar-refractivity contribution < 1.29 is 9.53 Å². The Kier molecular flexibility index (Phi) is 5.55. The van der Waals surface area contributed by atoms with E-state index in [9.17, 15) is 4.79 Å². The molecule has 0 amide bonds. The molecule has 1 saturated carbocycles. The normalized spacial score (nSPS) is 17.0. The number of hydrogen-bond acceptors (Lipinski definition) is 6. The van der Waals surface area contributed by atoms with Gasteiger partial charge < -0.3 is 15.0 Å². The van der Waals surface area contributed by atoms with E-state index >= 15 is 0 Å². The molecule has 1 aliphatic carbocycles. The number of carbonyl (C=O) groups excluding carboxylic acids is 1. The van der Waals surface area contributed by atoms with Crippen LogP contribution in [-0.4, -0.2) is 36.2 Å². The van der Waals surface area contributed by atoms with E-state index in [1.54, 1.807) is 7.11 Å². The SMILES string of the molecule is [C-]#[N+]c1ccc2c(N3CCC4(CC3)CC(=O)C4)nnc(NCc3ccc(OC)c(Cl)c3)c2c1. The third kappa shape index (κ3) is 4.07. The minimum Gasteiger partial charge on any atom is -0.495 e. The Morgan fingerprint density at radius 2 is 1.94 bits per heavy atom. The molecule has 1 aliphatic heterocycles. The fourth-order valence-corrected chi connectivity index (χ4v) is 5.18. The summed E-state index contributed by atoms with van der Waals surface area (Å²) in [6.45, 7) is 9.66. The van der Waals surface area contributed by atoms with Crippen LogP contribution in [0.25, 0.3) is 15.6 Å². The maximum Gasteiger partial charge on any atom is 0.188 e. The second-order valence-electron chi connectivity index (χ2n) is 8.92. The number of ether oxygens (including phenoxy) is 1. The Hall–Kier alpha value is -3.37. The fourth-order valence-electron chi connectivity index (χ4n) is 4.90. The van der Waals surface area contributed by atoms with Crippen LogP contribution < -0.4 is 15.0 Å². The lowest BCUT2D eigenvalue weighted by Crippen LogP contribution is -2.47. The monoisotopic (exact) mass is 461 g/mol. The van der Waals surface area contributed by atoms with Gasteiger partial charge in [0.1, 0.15) is 11.5 Å². The molecule has 1 spiro atoms. The molecule has 2 heterocycles. The quantitative estimate of drug-likeness (QED) is 0.512. The highest BCUT2D eigenvalue weighted by Gasteiger charge is 2.45. The van der Waals surface area contributed by atoms with Gasteiger partial charge in [-0.25, -0.2) is 4.85 Å². The van der Waals surface area contributed by atoms with Gasteiger partial charge in [0.05, 0.1) is 18.7 Å². The standard InChI is InChI=1S/C25H24ClN5O2/c1-27-17-4-5-19-20(12-17)23(28-15-16-3-6-22(33-2)21(26)11-16)29-30-24(19)31-9-7-25(8-10-31)13-18(32)14-25/h3-6,11-12H,7-10,13-15H2,2H3,(H,28,29). The number of methoxy groups -OCH3 is 1. The lowest BCUT2D eigenvalue weighted by atomic mass is 9.62. The van der Waals surface area contributed by atoms with Crippen LogP contribution >= 0.6 is 11.6 Å².